The lowest BCUT2D eigenvalue weighted by molar-refractivity contribution is -0.147. The van der Waals surface area contributed by atoms with Crippen molar-refractivity contribution in [2.45, 2.75) is 51.2 Å². The van der Waals surface area contributed by atoms with E-state index >= 15 is 0 Å². The monoisotopic (exact) mass is 558 g/mol. The van der Waals surface area contributed by atoms with Gasteiger partial charge in [0, 0.05) is 38.1 Å². The first-order valence-electron chi connectivity index (χ1n) is 13.2. The Labute approximate surface area is 230 Å². The van der Waals surface area contributed by atoms with Gasteiger partial charge in [-0.1, -0.05) is 12.1 Å². The highest BCUT2D eigenvalue weighted by atomic mass is 19.4. The van der Waals surface area contributed by atoms with Crippen molar-refractivity contribution in [3.63, 3.8) is 0 Å². The molecule has 4 heterocycles. The highest BCUT2D eigenvalue weighted by molar-refractivity contribution is 5.76. The number of nitrogens with zero attached hydrogens (tertiary/aromatic N) is 6. The standard InChI is InChI=1S/C27H33F3N8O2/c1-17(2)40-21-14-38(15-21)26(39)35-24-7-9-37(16-27(28,29)30)12-19-10-18(4-5-22(19)24)23-6-8-31-25(34-23)33-20-11-32-36(3)13-20/h4-6,8,10-11,13,17,21,24H,7,9,12,14-16H2,1-3H3,(H,35,39)(H,31,33,34). The number of halogens is 3. The van der Waals surface area contributed by atoms with E-state index in [1.54, 1.807) is 41.3 Å². The normalized spacial score (nSPS) is 18.3. The van der Waals surface area contributed by atoms with E-state index in [2.05, 4.69) is 25.7 Å². The highest BCUT2D eigenvalue weighted by Gasteiger charge is 2.36. The van der Waals surface area contributed by atoms with E-state index in [1.807, 2.05) is 32.0 Å². The van der Waals surface area contributed by atoms with Gasteiger partial charge in [0.05, 0.1) is 55.5 Å². The van der Waals surface area contributed by atoms with Crippen LogP contribution in [0.2, 0.25) is 0 Å². The maximum absolute atomic E-state index is 13.4. The van der Waals surface area contributed by atoms with Crippen molar-refractivity contribution in [1.82, 2.24) is 34.9 Å². The van der Waals surface area contributed by atoms with Gasteiger partial charge in [-0.3, -0.25) is 9.58 Å². The van der Waals surface area contributed by atoms with Gasteiger partial charge in [0.15, 0.2) is 0 Å². The third-order valence-electron chi connectivity index (χ3n) is 6.86. The number of ether oxygens (including phenoxy) is 1. The number of alkyl halides is 3. The average molecular weight is 559 g/mol. The van der Waals surface area contributed by atoms with Crippen LogP contribution in [0.25, 0.3) is 11.3 Å². The molecule has 5 rings (SSSR count). The van der Waals surface area contributed by atoms with E-state index in [0.717, 1.165) is 22.4 Å². The molecule has 0 radical (unpaired) electrons. The molecule has 13 heteroatoms. The average Bonchev–Trinajstić information content (AvgIpc) is 3.19. The van der Waals surface area contributed by atoms with Crippen LogP contribution in [-0.2, 0) is 18.3 Å². The van der Waals surface area contributed by atoms with E-state index in [9.17, 15) is 18.0 Å². The summed E-state index contributed by atoms with van der Waals surface area (Å²) in [7, 11) is 1.80. The zero-order valence-electron chi connectivity index (χ0n) is 22.6. The van der Waals surface area contributed by atoms with E-state index in [0.29, 0.717) is 31.2 Å². The Morgan fingerprint density at radius 3 is 2.73 bits per heavy atom. The lowest BCUT2D eigenvalue weighted by atomic mass is 9.96. The van der Waals surface area contributed by atoms with E-state index in [1.165, 1.54) is 4.90 Å². The van der Waals surface area contributed by atoms with Gasteiger partial charge in [0.1, 0.15) is 0 Å². The lowest BCUT2D eigenvalue weighted by Crippen LogP contribution is -2.58. The van der Waals surface area contributed by atoms with Gasteiger partial charge in [-0.25, -0.2) is 14.8 Å². The first-order valence-corrected chi connectivity index (χ1v) is 13.2. The smallest absolute Gasteiger partial charge is 0.372 e. The summed E-state index contributed by atoms with van der Waals surface area (Å²) in [6.45, 7) is 4.16. The SMILES string of the molecule is CC(C)OC1CN(C(=O)NC2CCN(CC(F)(F)F)Cc3cc(-c4ccnc(Nc5cnn(C)c5)n4)ccc32)C1. The van der Waals surface area contributed by atoms with Gasteiger partial charge in [0.2, 0.25) is 5.95 Å². The van der Waals surface area contributed by atoms with Crippen molar-refractivity contribution in [2.75, 3.05) is 31.5 Å². The molecule has 1 saturated heterocycles. The number of aryl methyl sites for hydroxylation is 1. The molecule has 214 valence electrons. The molecular weight excluding hydrogens is 525 g/mol. The number of fused-ring (bicyclic) bond motifs is 1. The molecule has 0 spiro atoms. The fourth-order valence-electron chi connectivity index (χ4n) is 5.08. The molecule has 10 nitrogen and oxygen atoms in total. The van der Waals surface area contributed by atoms with Crippen molar-refractivity contribution in [2.24, 2.45) is 7.05 Å². The quantitative estimate of drug-likeness (QED) is 0.447. The molecule has 3 aromatic rings. The first kappa shape index (κ1) is 27.8. The van der Waals surface area contributed by atoms with Crippen LogP contribution < -0.4 is 10.6 Å². The molecule has 2 aromatic heterocycles. The van der Waals surface area contributed by atoms with Crippen LogP contribution in [0.15, 0.2) is 42.9 Å². The largest absolute Gasteiger partial charge is 0.401 e. The fraction of sp³-hybridized carbons (Fsp3) is 0.481. The van der Waals surface area contributed by atoms with Crippen LogP contribution >= 0.6 is 0 Å². The summed E-state index contributed by atoms with van der Waals surface area (Å²) in [6, 6.07) is 6.70. The molecule has 2 N–H and O–H groups in total. The molecule has 2 aliphatic heterocycles. The van der Waals surface area contributed by atoms with Crippen molar-refractivity contribution in [3.8, 4) is 11.3 Å². The number of hydrogen-bond donors (Lipinski definition) is 2. The van der Waals surface area contributed by atoms with Crippen LogP contribution in [0.1, 0.15) is 37.4 Å². The van der Waals surface area contributed by atoms with Crippen LogP contribution in [-0.4, -0.2) is 80.1 Å². The third-order valence-corrected chi connectivity index (χ3v) is 6.86. The molecule has 0 bridgehead atoms. The molecule has 1 fully saturated rings. The van der Waals surface area contributed by atoms with Gasteiger partial charge in [-0.15, -0.1) is 0 Å². The Morgan fingerprint density at radius 1 is 1.23 bits per heavy atom. The van der Waals surface area contributed by atoms with Gasteiger partial charge in [0.25, 0.3) is 0 Å². The number of benzene rings is 1. The van der Waals surface area contributed by atoms with Crippen molar-refractivity contribution in [1.29, 1.82) is 0 Å². The van der Waals surface area contributed by atoms with Crippen LogP contribution in [0.4, 0.5) is 29.6 Å². The summed E-state index contributed by atoms with van der Waals surface area (Å²) in [5, 5.41) is 10.3. The number of rotatable bonds is 7. The number of likely N-dealkylation sites (tertiary alicyclic amines) is 1. The number of carbonyl (C=O) groups excluding carboxylic acids is 1. The van der Waals surface area contributed by atoms with Gasteiger partial charge in [-0.2, -0.15) is 18.3 Å². The summed E-state index contributed by atoms with van der Waals surface area (Å²) in [6.07, 6.45) is 1.18. The van der Waals surface area contributed by atoms with E-state index < -0.39 is 18.8 Å². The minimum absolute atomic E-state index is 0.00222. The molecule has 1 atom stereocenters. The maximum Gasteiger partial charge on any atom is 0.401 e. The molecular formula is C27H33F3N8O2. The number of carbonyl (C=O) groups is 1. The predicted molar refractivity (Wildman–Crippen MR) is 143 cm³/mol. The second-order valence-electron chi connectivity index (χ2n) is 10.5. The van der Waals surface area contributed by atoms with Crippen LogP contribution in [0.5, 0.6) is 0 Å². The van der Waals surface area contributed by atoms with Crippen LogP contribution in [0, 0.1) is 0 Å². The lowest BCUT2D eigenvalue weighted by Gasteiger charge is -2.40. The summed E-state index contributed by atoms with van der Waals surface area (Å²) >= 11 is 0. The van der Waals surface area contributed by atoms with Gasteiger partial charge >= 0.3 is 12.2 Å². The molecule has 1 unspecified atom stereocenters. The predicted octanol–water partition coefficient (Wildman–Crippen LogP) is 4.25. The number of nitrogens with one attached hydrogen (secondary N) is 2. The van der Waals surface area contributed by atoms with Crippen molar-refractivity contribution >= 4 is 17.7 Å². The maximum atomic E-state index is 13.4. The highest BCUT2D eigenvalue weighted by Crippen LogP contribution is 2.32. The minimum Gasteiger partial charge on any atom is -0.372 e. The van der Waals surface area contributed by atoms with E-state index in [-0.39, 0.29) is 31.3 Å². The Kier molecular flexibility index (Phi) is 7.95. The zero-order valence-corrected chi connectivity index (χ0v) is 22.6. The Bertz CT molecular complexity index is 1340. The summed E-state index contributed by atoms with van der Waals surface area (Å²) < 4.78 is 47.4. The second-order valence-corrected chi connectivity index (χ2v) is 10.5. The number of aromatic nitrogens is 4. The Balaban J connectivity index is 1.37. The summed E-state index contributed by atoms with van der Waals surface area (Å²) in [5.41, 5.74) is 3.61. The second kappa shape index (κ2) is 11.4. The summed E-state index contributed by atoms with van der Waals surface area (Å²) in [5.74, 6) is 0.374. The van der Waals surface area contributed by atoms with Crippen LogP contribution in [0.3, 0.4) is 0 Å². The topological polar surface area (TPSA) is 100 Å². The molecule has 2 amide bonds. The Morgan fingerprint density at radius 2 is 2.02 bits per heavy atom. The zero-order chi connectivity index (χ0) is 28.4. The summed E-state index contributed by atoms with van der Waals surface area (Å²) in [4.78, 5) is 24.9. The van der Waals surface area contributed by atoms with Crippen molar-refractivity contribution < 1.29 is 22.7 Å². The number of urea groups is 1. The number of hydrogen-bond acceptors (Lipinski definition) is 7. The minimum atomic E-state index is -4.33. The molecule has 1 aromatic carbocycles. The third kappa shape index (κ3) is 6.89. The van der Waals surface area contributed by atoms with Gasteiger partial charge < -0.3 is 20.3 Å². The first-order chi connectivity index (χ1) is 19.0. The number of amides is 2. The fourth-order valence-corrected chi connectivity index (χ4v) is 5.08. The molecule has 0 aliphatic carbocycles. The number of anilines is 2. The Hall–Kier alpha value is -3.71. The molecule has 0 saturated carbocycles. The molecule has 40 heavy (non-hydrogen) atoms. The van der Waals surface area contributed by atoms with Gasteiger partial charge in [-0.05, 0) is 43.5 Å². The van der Waals surface area contributed by atoms with E-state index in [4.69, 9.17) is 4.74 Å². The molecule has 2 aliphatic rings. The van der Waals surface area contributed by atoms with Crippen molar-refractivity contribution in [3.05, 3.63) is 54.0 Å².